The summed E-state index contributed by atoms with van der Waals surface area (Å²) >= 11 is 0. The van der Waals surface area contributed by atoms with Gasteiger partial charge in [0.2, 0.25) is 15.9 Å². The molecule has 1 amide bonds. The van der Waals surface area contributed by atoms with Crippen LogP contribution in [0.1, 0.15) is 17.3 Å². The average Bonchev–Trinajstić information content (AvgIpc) is 2.65. The molecule has 1 aliphatic heterocycles. The van der Waals surface area contributed by atoms with E-state index in [0.717, 1.165) is 10.6 Å². The SMILES string of the molecule is CC(=O)c1cccc(N(CC(=O)Nc2ccc3c(c2)OCCO3)S(C)(=O)=O)c1. The van der Waals surface area contributed by atoms with Crippen LogP contribution in [-0.2, 0) is 14.8 Å². The molecule has 2 aromatic carbocycles. The van der Waals surface area contributed by atoms with Crippen LogP contribution in [0, 0.1) is 0 Å². The minimum Gasteiger partial charge on any atom is -0.486 e. The number of ether oxygens (including phenoxy) is 2. The van der Waals surface area contributed by atoms with Gasteiger partial charge in [-0.05, 0) is 31.2 Å². The van der Waals surface area contributed by atoms with Gasteiger partial charge in [0, 0.05) is 17.3 Å². The Morgan fingerprint density at radius 2 is 1.79 bits per heavy atom. The Kier molecular flexibility index (Phi) is 5.55. The second-order valence-corrected chi connectivity index (χ2v) is 8.19. The molecule has 28 heavy (non-hydrogen) atoms. The summed E-state index contributed by atoms with van der Waals surface area (Å²) in [5.74, 6) is 0.368. The molecule has 0 unspecified atom stereocenters. The van der Waals surface area contributed by atoms with Gasteiger partial charge >= 0.3 is 0 Å². The van der Waals surface area contributed by atoms with Crippen LogP contribution < -0.4 is 19.1 Å². The minimum absolute atomic E-state index is 0.198. The smallest absolute Gasteiger partial charge is 0.245 e. The summed E-state index contributed by atoms with van der Waals surface area (Å²) in [6.45, 7) is 1.83. The molecule has 0 aliphatic carbocycles. The van der Waals surface area contributed by atoms with Gasteiger partial charge in [-0.3, -0.25) is 13.9 Å². The monoisotopic (exact) mass is 404 g/mol. The number of carbonyl (C=O) groups is 2. The van der Waals surface area contributed by atoms with Crippen molar-refractivity contribution in [2.75, 3.05) is 35.6 Å². The number of fused-ring (bicyclic) bond motifs is 1. The number of ketones is 1. The second-order valence-electron chi connectivity index (χ2n) is 6.28. The molecule has 0 atom stereocenters. The van der Waals surface area contributed by atoms with Gasteiger partial charge in [-0.15, -0.1) is 0 Å². The van der Waals surface area contributed by atoms with Crippen molar-refractivity contribution in [1.29, 1.82) is 0 Å². The predicted molar refractivity (Wildman–Crippen MR) is 105 cm³/mol. The van der Waals surface area contributed by atoms with Crippen molar-refractivity contribution in [3.63, 3.8) is 0 Å². The third-order valence-corrected chi connectivity index (χ3v) is 5.19. The number of sulfonamides is 1. The van der Waals surface area contributed by atoms with Gasteiger partial charge in [0.1, 0.15) is 19.8 Å². The summed E-state index contributed by atoms with van der Waals surface area (Å²) in [4.78, 5) is 24.1. The van der Waals surface area contributed by atoms with E-state index in [1.807, 2.05) is 0 Å². The number of benzene rings is 2. The van der Waals surface area contributed by atoms with Crippen LogP contribution in [0.25, 0.3) is 0 Å². The van der Waals surface area contributed by atoms with E-state index in [2.05, 4.69) is 5.32 Å². The summed E-state index contributed by atoms with van der Waals surface area (Å²) in [7, 11) is -3.75. The van der Waals surface area contributed by atoms with Crippen LogP contribution in [0.3, 0.4) is 0 Å². The molecule has 1 aliphatic rings. The van der Waals surface area contributed by atoms with E-state index in [1.54, 1.807) is 30.3 Å². The number of hydrogen-bond donors (Lipinski definition) is 1. The predicted octanol–water partition coefficient (Wildman–Crippen LogP) is 2.07. The minimum atomic E-state index is -3.75. The number of nitrogens with zero attached hydrogens (tertiary/aromatic N) is 1. The van der Waals surface area contributed by atoms with Gasteiger partial charge in [0.15, 0.2) is 17.3 Å². The Labute approximate surface area is 163 Å². The summed E-state index contributed by atoms with van der Waals surface area (Å²) in [5, 5.41) is 2.65. The summed E-state index contributed by atoms with van der Waals surface area (Å²) in [6.07, 6.45) is 1.00. The maximum absolute atomic E-state index is 12.5. The Bertz CT molecular complexity index is 1020. The Balaban J connectivity index is 1.79. The zero-order valence-electron chi connectivity index (χ0n) is 15.5. The largest absolute Gasteiger partial charge is 0.486 e. The number of Topliss-reactive ketones (excluding diaryl/α,β-unsaturated/α-hetero) is 1. The van der Waals surface area contributed by atoms with E-state index >= 15 is 0 Å². The highest BCUT2D eigenvalue weighted by Crippen LogP contribution is 2.32. The quantitative estimate of drug-likeness (QED) is 0.740. The van der Waals surface area contributed by atoms with E-state index in [0.29, 0.717) is 36.0 Å². The Morgan fingerprint density at radius 3 is 2.46 bits per heavy atom. The summed E-state index contributed by atoms with van der Waals surface area (Å²) < 4.78 is 36.3. The molecule has 148 valence electrons. The zero-order chi connectivity index (χ0) is 20.3. The fourth-order valence-corrected chi connectivity index (χ4v) is 3.58. The van der Waals surface area contributed by atoms with Gasteiger partial charge in [-0.25, -0.2) is 8.42 Å². The number of amides is 1. The molecule has 0 bridgehead atoms. The number of rotatable bonds is 6. The van der Waals surface area contributed by atoms with Crippen LogP contribution in [0.4, 0.5) is 11.4 Å². The van der Waals surface area contributed by atoms with Crippen molar-refractivity contribution in [2.24, 2.45) is 0 Å². The lowest BCUT2D eigenvalue weighted by Crippen LogP contribution is -2.37. The van der Waals surface area contributed by atoms with E-state index in [1.165, 1.54) is 19.1 Å². The molecular weight excluding hydrogens is 384 g/mol. The van der Waals surface area contributed by atoms with E-state index in [4.69, 9.17) is 9.47 Å². The van der Waals surface area contributed by atoms with Gasteiger partial charge in [-0.2, -0.15) is 0 Å². The van der Waals surface area contributed by atoms with Crippen LogP contribution in [0.15, 0.2) is 42.5 Å². The lowest BCUT2D eigenvalue weighted by atomic mass is 10.1. The first-order chi connectivity index (χ1) is 13.2. The molecular formula is C19H20N2O6S. The molecule has 0 saturated heterocycles. The molecule has 0 fully saturated rings. The van der Waals surface area contributed by atoms with Crippen molar-refractivity contribution in [3.05, 3.63) is 48.0 Å². The first-order valence-corrected chi connectivity index (χ1v) is 10.4. The Morgan fingerprint density at radius 1 is 1.07 bits per heavy atom. The number of anilines is 2. The molecule has 0 saturated carbocycles. The second kappa shape index (κ2) is 7.89. The standard InChI is InChI=1S/C19H20N2O6S/c1-13(22)14-4-3-5-16(10-14)21(28(2,24)25)12-19(23)20-15-6-7-17-18(11-15)27-9-8-26-17/h3-7,10-11H,8-9,12H2,1-2H3,(H,20,23). The summed E-state index contributed by atoms with van der Waals surface area (Å²) in [6, 6.07) is 11.1. The van der Waals surface area contributed by atoms with Crippen molar-refractivity contribution in [2.45, 2.75) is 6.92 Å². The van der Waals surface area contributed by atoms with Crippen LogP contribution in [0.2, 0.25) is 0 Å². The fraction of sp³-hybridized carbons (Fsp3) is 0.263. The maximum atomic E-state index is 12.5. The normalized spacial score (nSPS) is 12.9. The van der Waals surface area contributed by atoms with Crippen molar-refractivity contribution >= 4 is 33.1 Å². The van der Waals surface area contributed by atoms with E-state index < -0.39 is 22.5 Å². The van der Waals surface area contributed by atoms with Gasteiger partial charge in [0.05, 0.1) is 11.9 Å². The number of hydrogen-bond acceptors (Lipinski definition) is 6. The van der Waals surface area contributed by atoms with E-state index in [-0.39, 0.29) is 11.5 Å². The summed E-state index contributed by atoms with van der Waals surface area (Å²) in [5.41, 5.74) is 1.06. The lowest BCUT2D eigenvalue weighted by Gasteiger charge is -2.23. The van der Waals surface area contributed by atoms with Gasteiger partial charge in [-0.1, -0.05) is 12.1 Å². The molecule has 1 heterocycles. The van der Waals surface area contributed by atoms with Gasteiger partial charge in [0.25, 0.3) is 0 Å². The molecule has 3 rings (SSSR count). The third kappa shape index (κ3) is 4.61. The highest BCUT2D eigenvalue weighted by Gasteiger charge is 2.22. The maximum Gasteiger partial charge on any atom is 0.245 e. The molecule has 1 N–H and O–H groups in total. The zero-order valence-corrected chi connectivity index (χ0v) is 16.3. The van der Waals surface area contributed by atoms with Crippen molar-refractivity contribution in [3.8, 4) is 11.5 Å². The van der Waals surface area contributed by atoms with Crippen LogP contribution in [-0.4, -0.2) is 46.1 Å². The fourth-order valence-electron chi connectivity index (χ4n) is 2.73. The van der Waals surface area contributed by atoms with E-state index in [9.17, 15) is 18.0 Å². The highest BCUT2D eigenvalue weighted by molar-refractivity contribution is 7.92. The highest BCUT2D eigenvalue weighted by atomic mass is 32.2. The van der Waals surface area contributed by atoms with Crippen LogP contribution >= 0.6 is 0 Å². The first-order valence-electron chi connectivity index (χ1n) is 8.52. The molecule has 0 spiro atoms. The molecule has 8 nitrogen and oxygen atoms in total. The molecule has 0 radical (unpaired) electrons. The topological polar surface area (TPSA) is 102 Å². The molecule has 0 aromatic heterocycles. The number of carbonyl (C=O) groups excluding carboxylic acids is 2. The van der Waals surface area contributed by atoms with Crippen molar-refractivity contribution < 1.29 is 27.5 Å². The van der Waals surface area contributed by atoms with Gasteiger partial charge < -0.3 is 14.8 Å². The third-order valence-electron chi connectivity index (χ3n) is 4.05. The van der Waals surface area contributed by atoms with Crippen molar-refractivity contribution in [1.82, 2.24) is 0 Å². The average molecular weight is 404 g/mol. The number of nitrogens with one attached hydrogen (secondary N) is 1. The molecule has 2 aromatic rings. The lowest BCUT2D eigenvalue weighted by molar-refractivity contribution is -0.114. The first kappa shape index (κ1) is 19.7. The molecule has 9 heteroatoms. The Hall–Kier alpha value is -3.07. The van der Waals surface area contributed by atoms with Crippen LogP contribution in [0.5, 0.6) is 11.5 Å².